The third-order valence-electron chi connectivity index (χ3n) is 4.30. The number of carbonyl (C=O) groups excluding carboxylic acids is 1. The summed E-state index contributed by atoms with van der Waals surface area (Å²) < 4.78 is 0. The zero-order valence-electron chi connectivity index (χ0n) is 14.2. The molecule has 1 fully saturated rings. The Kier molecular flexibility index (Phi) is 5.63. The fourth-order valence-corrected chi connectivity index (χ4v) is 2.68. The van der Waals surface area contributed by atoms with Gasteiger partial charge in [-0.25, -0.2) is 4.79 Å². The Morgan fingerprint density at radius 3 is 2.36 bits per heavy atom. The second-order valence-corrected chi connectivity index (χ2v) is 6.28. The summed E-state index contributed by atoms with van der Waals surface area (Å²) in [6.07, 6.45) is 1.09. The van der Waals surface area contributed by atoms with Crippen LogP contribution in [0.5, 0.6) is 0 Å². The Morgan fingerprint density at radius 2 is 1.82 bits per heavy atom. The third-order valence-corrected chi connectivity index (χ3v) is 4.30. The van der Waals surface area contributed by atoms with Gasteiger partial charge in [0.25, 0.3) is 0 Å². The quantitative estimate of drug-likeness (QED) is 0.930. The van der Waals surface area contributed by atoms with Crippen LogP contribution in [0.2, 0.25) is 0 Å². The smallest absolute Gasteiger partial charge is 0.317 e. The van der Waals surface area contributed by atoms with Crippen molar-refractivity contribution >= 4 is 11.7 Å². The number of rotatable bonds is 4. The maximum absolute atomic E-state index is 12.2. The Labute approximate surface area is 133 Å². The van der Waals surface area contributed by atoms with Crippen LogP contribution >= 0.6 is 0 Å². The summed E-state index contributed by atoms with van der Waals surface area (Å²) in [5.74, 6) is 0.535. The number of carbonyl (C=O) groups is 1. The first-order valence-corrected chi connectivity index (χ1v) is 8.22. The second-order valence-electron chi connectivity index (χ2n) is 6.28. The molecule has 1 aromatic rings. The van der Waals surface area contributed by atoms with Crippen molar-refractivity contribution in [2.45, 2.75) is 34.1 Å². The van der Waals surface area contributed by atoms with Gasteiger partial charge in [0, 0.05) is 49.8 Å². The lowest BCUT2D eigenvalue weighted by molar-refractivity contribution is 0.192. The fraction of sp³-hybridized carbons (Fsp3) is 0.647. The number of aryl methyl sites for hydroxylation is 2. The molecule has 0 spiro atoms. The van der Waals surface area contributed by atoms with E-state index in [4.69, 9.17) is 0 Å². The molecule has 0 aromatic carbocycles. The van der Waals surface area contributed by atoms with Crippen LogP contribution in [-0.2, 0) is 0 Å². The normalized spacial score (nSPS) is 16.5. The molecule has 122 valence electrons. The van der Waals surface area contributed by atoms with Crippen molar-refractivity contribution in [1.82, 2.24) is 15.2 Å². The number of piperazine rings is 1. The van der Waals surface area contributed by atoms with Crippen molar-refractivity contribution in [1.29, 1.82) is 0 Å². The fourth-order valence-electron chi connectivity index (χ4n) is 2.68. The van der Waals surface area contributed by atoms with E-state index in [0.717, 1.165) is 50.5 Å². The number of anilines is 1. The minimum absolute atomic E-state index is 0.0713. The molecule has 1 saturated heterocycles. The molecular weight excluding hydrogens is 276 g/mol. The summed E-state index contributed by atoms with van der Waals surface area (Å²) in [7, 11) is 0. The minimum atomic E-state index is 0.0713. The van der Waals surface area contributed by atoms with Crippen LogP contribution in [0.1, 0.15) is 31.7 Å². The summed E-state index contributed by atoms with van der Waals surface area (Å²) in [6, 6.07) is 4.30. The number of nitrogens with zero attached hydrogens (tertiary/aromatic N) is 3. The van der Waals surface area contributed by atoms with Crippen molar-refractivity contribution in [3.8, 4) is 0 Å². The van der Waals surface area contributed by atoms with E-state index < -0.39 is 0 Å². The number of amides is 2. The lowest BCUT2D eigenvalue weighted by Crippen LogP contribution is -2.52. The van der Waals surface area contributed by atoms with E-state index in [0.29, 0.717) is 5.92 Å². The van der Waals surface area contributed by atoms with Gasteiger partial charge in [-0.1, -0.05) is 20.3 Å². The summed E-state index contributed by atoms with van der Waals surface area (Å²) in [4.78, 5) is 20.8. The molecule has 0 bridgehead atoms. The molecule has 0 radical (unpaired) electrons. The summed E-state index contributed by atoms with van der Waals surface area (Å²) >= 11 is 0. The molecule has 1 aliphatic heterocycles. The summed E-state index contributed by atoms with van der Waals surface area (Å²) in [6.45, 7) is 12.4. The molecule has 0 aliphatic carbocycles. The molecule has 1 aromatic heterocycles. The van der Waals surface area contributed by atoms with Gasteiger partial charge in [0.15, 0.2) is 0 Å². The van der Waals surface area contributed by atoms with Gasteiger partial charge >= 0.3 is 6.03 Å². The zero-order chi connectivity index (χ0) is 16.1. The minimum Gasteiger partial charge on any atom is -0.368 e. The van der Waals surface area contributed by atoms with Crippen molar-refractivity contribution < 1.29 is 4.79 Å². The van der Waals surface area contributed by atoms with Crippen LogP contribution in [0.25, 0.3) is 0 Å². The molecule has 2 amide bonds. The predicted molar refractivity (Wildman–Crippen MR) is 90.4 cm³/mol. The van der Waals surface area contributed by atoms with Gasteiger partial charge in [-0.05, 0) is 31.9 Å². The molecule has 0 saturated carbocycles. The average molecular weight is 304 g/mol. The Hall–Kier alpha value is -1.78. The number of hydrogen-bond donors (Lipinski definition) is 1. The van der Waals surface area contributed by atoms with E-state index in [9.17, 15) is 4.79 Å². The monoisotopic (exact) mass is 304 g/mol. The standard InChI is InChI=1S/C17H28N4O/c1-5-13(2)12-18-17(22)21-8-6-20(7-9-21)16-10-14(3)19-15(4)11-16/h10-11,13H,5-9,12H2,1-4H3,(H,18,22)/t13-/m1/s1. The van der Waals surface area contributed by atoms with E-state index >= 15 is 0 Å². The Balaban J connectivity index is 1.86. The molecular formula is C17H28N4O. The van der Waals surface area contributed by atoms with Crippen LogP contribution in [0.4, 0.5) is 10.5 Å². The molecule has 22 heavy (non-hydrogen) atoms. The molecule has 5 nitrogen and oxygen atoms in total. The van der Waals surface area contributed by atoms with Gasteiger partial charge in [-0.2, -0.15) is 0 Å². The SMILES string of the molecule is CC[C@@H](C)CNC(=O)N1CCN(c2cc(C)nc(C)c2)CC1. The van der Waals surface area contributed by atoms with E-state index in [1.54, 1.807) is 0 Å². The molecule has 2 heterocycles. The van der Waals surface area contributed by atoms with Gasteiger partial charge in [0.05, 0.1) is 0 Å². The van der Waals surface area contributed by atoms with Gasteiger partial charge in [-0.3, -0.25) is 4.98 Å². The van der Waals surface area contributed by atoms with E-state index in [-0.39, 0.29) is 6.03 Å². The highest BCUT2D eigenvalue weighted by Crippen LogP contribution is 2.18. The van der Waals surface area contributed by atoms with Crippen LogP contribution < -0.4 is 10.2 Å². The molecule has 1 N–H and O–H groups in total. The number of hydrogen-bond acceptors (Lipinski definition) is 3. The number of aromatic nitrogens is 1. The van der Waals surface area contributed by atoms with Crippen molar-refractivity contribution in [3.05, 3.63) is 23.5 Å². The predicted octanol–water partition coefficient (Wildman–Crippen LogP) is 2.58. The van der Waals surface area contributed by atoms with E-state index in [1.165, 1.54) is 5.69 Å². The number of pyridine rings is 1. The Morgan fingerprint density at radius 1 is 1.23 bits per heavy atom. The first kappa shape index (κ1) is 16.6. The molecule has 1 aliphatic rings. The van der Waals surface area contributed by atoms with E-state index in [1.807, 2.05) is 18.7 Å². The first-order valence-electron chi connectivity index (χ1n) is 8.22. The highest BCUT2D eigenvalue weighted by molar-refractivity contribution is 5.74. The molecule has 0 unspecified atom stereocenters. The topological polar surface area (TPSA) is 48.5 Å². The molecule has 5 heteroatoms. The third kappa shape index (κ3) is 4.36. The second kappa shape index (κ2) is 7.47. The van der Waals surface area contributed by atoms with Gasteiger partial charge in [-0.15, -0.1) is 0 Å². The number of urea groups is 1. The summed E-state index contributed by atoms with van der Waals surface area (Å²) in [5, 5.41) is 3.03. The lowest BCUT2D eigenvalue weighted by atomic mass is 10.1. The van der Waals surface area contributed by atoms with Crippen molar-refractivity contribution in [2.24, 2.45) is 5.92 Å². The van der Waals surface area contributed by atoms with Gasteiger partial charge in [0.1, 0.15) is 0 Å². The maximum Gasteiger partial charge on any atom is 0.317 e. The van der Waals surface area contributed by atoms with Crippen LogP contribution in [0.15, 0.2) is 12.1 Å². The van der Waals surface area contributed by atoms with Gasteiger partial charge in [0.2, 0.25) is 0 Å². The van der Waals surface area contributed by atoms with Crippen molar-refractivity contribution in [3.63, 3.8) is 0 Å². The largest absolute Gasteiger partial charge is 0.368 e. The van der Waals surface area contributed by atoms with E-state index in [2.05, 4.69) is 41.2 Å². The maximum atomic E-state index is 12.2. The zero-order valence-corrected chi connectivity index (χ0v) is 14.2. The molecule has 1 atom stereocenters. The van der Waals surface area contributed by atoms with Crippen LogP contribution in [0.3, 0.4) is 0 Å². The first-order chi connectivity index (χ1) is 10.5. The summed E-state index contributed by atoms with van der Waals surface area (Å²) in [5.41, 5.74) is 3.30. The van der Waals surface area contributed by atoms with Crippen LogP contribution in [0, 0.1) is 19.8 Å². The average Bonchev–Trinajstić information content (AvgIpc) is 2.51. The van der Waals surface area contributed by atoms with Crippen molar-refractivity contribution in [2.75, 3.05) is 37.6 Å². The van der Waals surface area contributed by atoms with Gasteiger partial charge < -0.3 is 15.1 Å². The lowest BCUT2D eigenvalue weighted by Gasteiger charge is -2.36. The highest BCUT2D eigenvalue weighted by atomic mass is 16.2. The Bertz CT molecular complexity index is 489. The molecule has 2 rings (SSSR count). The van der Waals surface area contributed by atoms with Crippen LogP contribution in [-0.4, -0.2) is 48.6 Å². The number of nitrogens with one attached hydrogen (secondary N) is 1. The highest BCUT2D eigenvalue weighted by Gasteiger charge is 2.21.